The summed E-state index contributed by atoms with van der Waals surface area (Å²) in [5.41, 5.74) is 2.38. The Balaban J connectivity index is 1.35. The number of hydrogen-bond acceptors (Lipinski definition) is 7. The summed E-state index contributed by atoms with van der Waals surface area (Å²) < 4.78 is 10.5. The predicted octanol–water partition coefficient (Wildman–Crippen LogP) is 3.07. The lowest BCUT2D eigenvalue weighted by Crippen LogP contribution is -2.48. The molecule has 0 atom stereocenters. The van der Waals surface area contributed by atoms with Gasteiger partial charge in [0.1, 0.15) is 16.5 Å². The van der Waals surface area contributed by atoms with Crippen LogP contribution in [0.25, 0.3) is 10.6 Å². The number of aromatic nitrogens is 2. The molecule has 1 saturated heterocycles. The third kappa shape index (κ3) is 4.07. The fraction of sp³-hybridized carbons (Fsp3) is 0.350. The van der Waals surface area contributed by atoms with Crippen LogP contribution in [-0.2, 0) is 6.54 Å². The van der Waals surface area contributed by atoms with Crippen LogP contribution in [0.4, 0.5) is 0 Å². The Morgan fingerprint density at radius 3 is 2.61 bits per heavy atom. The van der Waals surface area contributed by atoms with Crippen molar-refractivity contribution < 1.29 is 14.1 Å². The maximum atomic E-state index is 12.8. The number of piperazine rings is 1. The first-order valence-electron chi connectivity index (χ1n) is 9.16. The lowest BCUT2D eigenvalue weighted by Gasteiger charge is -2.33. The number of carbonyl (C=O) groups excluding carboxylic acids is 1. The van der Waals surface area contributed by atoms with Crippen molar-refractivity contribution in [2.75, 3.05) is 33.3 Å². The second-order valence-corrected chi connectivity index (χ2v) is 7.63. The molecule has 0 spiro atoms. The third-order valence-corrected chi connectivity index (χ3v) is 5.67. The van der Waals surface area contributed by atoms with Crippen molar-refractivity contribution in [2.45, 2.75) is 13.5 Å². The van der Waals surface area contributed by atoms with Crippen molar-refractivity contribution in [1.82, 2.24) is 19.9 Å². The van der Waals surface area contributed by atoms with Crippen molar-refractivity contribution in [3.63, 3.8) is 0 Å². The van der Waals surface area contributed by atoms with E-state index in [0.717, 1.165) is 47.4 Å². The Labute approximate surface area is 167 Å². The number of benzene rings is 1. The summed E-state index contributed by atoms with van der Waals surface area (Å²) >= 11 is 1.48. The number of rotatable bonds is 5. The second kappa shape index (κ2) is 8.12. The van der Waals surface area contributed by atoms with Gasteiger partial charge in [0.2, 0.25) is 0 Å². The zero-order valence-electron chi connectivity index (χ0n) is 15.9. The molecule has 28 heavy (non-hydrogen) atoms. The maximum Gasteiger partial charge on any atom is 0.273 e. The minimum atomic E-state index is -0.00817. The van der Waals surface area contributed by atoms with Gasteiger partial charge in [-0.15, -0.1) is 11.3 Å². The van der Waals surface area contributed by atoms with Crippen molar-refractivity contribution >= 4 is 17.2 Å². The summed E-state index contributed by atoms with van der Waals surface area (Å²) in [6, 6.07) is 9.65. The molecule has 7 nitrogen and oxygen atoms in total. The van der Waals surface area contributed by atoms with Gasteiger partial charge in [0.15, 0.2) is 5.76 Å². The summed E-state index contributed by atoms with van der Waals surface area (Å²) in [5, 5.41) is 6.60. The van der Waals surface area contributed by atoms with Crippen LogP contribution in [0, 0.1) is 6.92 Å². The van der Waals surface area contributed by atoms with E-state index in [1.54, 1.807) is 7.11 Å². The Bertz CT molecular complexity index is 943. The molecule has 3 heterocycles. The first kappa shape index (κ1) is 18.6. The Morgan fingerprint density at radius 1 is 1.21 bits per heavy atom. The topological polar surface area (TPSA) is 71.7 Å². The third-order valence-electron chi connectivity index (χ3n) is 4.78. The van der Waals surface area contributed by atoms with E-state index < -0.39 is 0 Å². The first-order chi connectivity index (χ1) is 13.6. The Kier molecular flexibility index (Phi) is 5.40. The van der Waals surface area contributed by atoms with Gasteiger partial charge in [-0.3, -0.25) is 9.69 Å². The summed E-state index contributed by atoms with van der Waals surface area (Å²) in [4.78, 5) is 21.5. The highest BCUT2D eigenvalue weighted by atomic mass is 32.1. The van der Waals surface area contributed by atoms with Gasteiger partial charge in [-0.25, -0.2) is 4.98 Å². The molecule has 2 aromatic heterocycles. The van der Waals surface area contributed by atoms with Crippen LogP contribution in [0.15, 0.2) is 40.2 Å². The van der Waals surface area contributed by atoms with Crippen molar-refractivity contribution in [1.29, 1.82) is 0 Å². The molecule has 0 unspecified atom stereocenters. The number of methoxy groups -OCH3 is 1. The van der Waals surface area contributed by atoms with Crippen molar-refractivity contribution in [3.05, 3.63) is 52.9 Å². The molecule has 1 aliphatic rings. The second-order valence-electron chi connectivity index (χ2n) is 6.77. The first-order valence-corrected chi connectivity index (χ1v) is 10.0. The highest BCUT2D eigenvalue weighted by molar-refractivity contribution is 7.13. The Morgan fingerprint density at radius 2 is 1.96 bits per heavy atom. The Hall–Kier alpha value is -2.71. The molecule has 8 heteroatoms. The minimum absolute atomic E-state index is 0.00817. The van der Waals surface area contributed by atoms with E-state index in [1.807, 2.05) is 47.5 Å². The van der Waals surface area contributed by atoms with E-state index in [9.17, 15) is 4.79 Å². The van der Waals surface area contributed by atoms with Gasteiger partial charge < -0.3 is 14.2 Å². The SMILES string of the molecule is COc1ccc(-c2nc(C(=O)N3CCN(Cc4cc(C)no4)CC3)cs2)cc1. The van der Waals surface area contributed by atoms with Gasteiger partial charge >= 0.3 is 0 Å². The highest BCUT2D eigenvalue weighted by Gasteiger charge is 2.24. The predicted molar refractivity (Wildman–Crippen MR) is 107 cm³/mol. The minimum Gasteiger partial charge on any atom is -0.497 e. The van der Waals surface area contributed by atoms with Crippen molar-refractivity contribution in [3.8, 4) is 16.3 Å². The molecule has 0 bridgehead atoms. The van der Waals surface area contributed by atoms with Crippen LogP contribution in [-0.4, -0.2) is 59.1 Å². The fourth-order valence-electron chi connectivity index (χ4n) is 3.22. The van der Waals surface area contributed by atoms with Crippen LogP contribution in [0.2, 0.25) is 0 Å². The van der Waals surface area contributed by atoms with Gasteiger partial charge in [0.05, 0.1) is 19.3 Å². The molecule has 4 rings (SSSR count). The lowest BCUT2D eigenvalue weighted by atomic mass is 10.2. The lowest BCUT2D eigenvalue weighted by molar-refractivity contribution is 0.0612. The smallest absolute Gasteiger partial charge is 0.273 e. The zero-order valence-corrected chi connectivity index (χ0v) is 16.7. The van der Waals surface area contributed by atoms with Gasteiger partial charge in [-0.2, -0.15) is 0 Å². The van der Waals surface area contributed by atoms with Crippen LogP contribution in [0.5, 0.6) is 5.75 Å². The molecule has 1 amide bonds. The number of amides is 1. The average Bonchev–Trinajstić information content (AvgIpc) is 3.37. The van der Waals surface area contributed by atoms with E-state index in [1.165, 1.54) is 11.3 Å². The molecular weight excluding hydrogens is 376 g/mol. The van der Waals surface area contributed by atoms with Crippen LogP contribution in [0.1, 0.15) is 21.9 Å². The number of aryl methyl sites for hydroxylation is 1. The van der Waals surface area contributed by atoms with Crippen molar-refractivity contribution in [2.24, 2.45) is 0 Å². The standard InChI is InChI=1S/C20H22N4O3S/c1-14-11-17(27-22-14)12-23-7-9-24(10-8-23)20(25)18-13-28-19(21-18)15-3-5-16(26-2)6-4-15/h3-6,11,13H,7-10,12H2,1-2H3. The number of hydrogen-bond donors (Lipinski definition) is 0. The van der Waals surface area contributed by atoms with Gasteiger partial charge in [0.25, 0.3) is 5.91 Å². The highest BCUT2D eigenvalue weighted by Crippen LogP contribution is 2.26. The van der Waals surface area contributed by atoms with E-state index in [4.69, 9.17) is 9.26 Å². The monoisotopic (exact) mass is 398 g/mol. The molecule has 146 valence electrons. The van der Waals surface area contributed by atoms with Gasteiger partial charge in [0, 0.05) is 43.2 Å². The molecular formula is C20H22N4O3S. The van der Waals surface area contributed by atoms with Crippen LogP contribution < -0.4 is 4.74 Å². The van der Waals surface area contributed by atoms with Crippen LogP contribution >= 0.6 is 11.3 Å². The van der Waals surface area contributed by atoms with E-state index in [0.29, 0.717) is 18.8 Å². The number of thiazole rings is 1. The maximum absolute atomic E-state index is 12.8. The quantitative estimate of drug-likeness (QED) is 0.658. The molecule has 3 aromatic rings. The molecule has 0 aliphatic carbocycles. The number of nitrogens with zero attached hydrogens (tertiary/aromatic N) is 4. The average molecular weight is 398 g/mol. The van der Waals surface area contributed by atoms with Gasteiger partial charge in [-0.1, -0.05) is 5.16 Å². The molecule has 0 radical (unpaired) electrons. The summed E-state index contributed by atoms with van der Waals surface area (Å²) in [5.74, 6) is 1.65. The fourth-order valence-corrected chi connectivity index (χ4v) is 4.02. The van der Waals surface area contributed by atoms with Crippen LogP contribution in [0.3, 0.4) is 0 Å². The summed E-state index contributed by atoms with van der Waals surface area (Å²) in [7, 11) is 1.64. The zero-order chi connectivity index (χ0) is 19.5. The number of carbonyl (C=O) groups is 1. The molecule has 1 aromatic carbocycles. The largest absolute Gasteiger partial charge is 0.497 e. The van der Waals surface area contributed by atoms with E-state index >= 15 is 0 Å². The summed E-state index contributed by atoms with van der Waals surface area (Å²) in [6.45, 7) is 5.61. The number of ether oxygens (including phenoxy) is 1. The molecule has 0 N–H and O–H groups in total. The molecule has 1 fully saturated rings. The normalized spacial score (nSPS) is 15.0. The molecule has 0 saturated carbocycles. The van der Waals surface area contributed by atoms with E-state index in [2.05, 4.69) is 15.0 Å². The molecule has 1 aliphatic heterocycles. The summed E-state index contributed by atoms with van der Waals surface area (Å²) in [6.07, 6.45) is 0. The van der Waals surface area contributed by atoms with E-state index in [-0.39, 0.29) is 5.91 Å². The van der Waals surface area contributed by atoms with Gasteiger partial charge in [-0.05, 0) is 31.2 Å².